The van der Waals surface area contributed by atoms with E-state index in [1.165, 1.54) is 0 Å². The van der Waals surface area contributed by atoms with Crippen molar-refractivity contribution < 1.29 is 8.42 Å². The first-order chi connectivity index (χ1) is 9.54. The Hall–Kier alpha value is -0.0500. The quantitative estimate of drug-likeness (QED) is 0.411. The van der Waals surface area contributed by atoms with Gasteiger partial charge in [0.05, 0.1) is 10.5 Å². The van der Waals surface area contributed by atoms with Crippen LogP contribution in [-0.2, 0) is 9.84 Å². The minimum Gasteiger partial charge on any atom is -0.355 e. The van der Waals surface area contributed by atoms with Crippen LogP contribution in [-0.4, -0.2) is 56.5 Å². The molecule has 1 atom stereocenters. The van der Waals surface area contributed by atoms with Crippen LogP contribution in [0.15, 0.2) is 4.99 Å². The summed E-state index contributed by atoms with van der Waals surface area (Å²) in [5.74, 6) is 0.949. The van der Waals surface area contributed by atoms with E-state index in [2.05, 4.69) is 29.1 Å². The third-order valence-corrected chi connectivity index (χ3v) is 7.12. The maximum atomic E-state index is 12.1. The Morgan fingerprint density at radius 3 is 2.36 bits per heavy atom. The van der Waals surface area contributed by atoms with Gasteiger partial charge in [-0.15, -0.1) is 24.0 Å². The average molecular weight is 445 g/mol. The van der Waals surface area contributed by atoms with Gasteiger partial charge in [-0.05, 0) is 39.0 Å². The SMILES string of the molecule is CCC1(C)CCN(C(=NC)NCCS(=O)(=O)C(C)(C)C)C1.I. The van der Waals surface area contributed by atoms with E-state index in [9.17, 15) is 8.42 Å². The van der Waals surface area contributed by atoms with Gasteiger partial charge in [0, 0.05) is 26.7 Å². The molecule has 1 saturated heterocycles. The van der Waals surface area contributed by atoms with E-state index in [4.69, 9.17) is 0 Å². The van der Waals surface area contributed by atoms with Crippen molar-refractivity contribution in [1.29, 1.82) is 0 Å². The van der Waals surface area contributed by atoms with E-state index in [-0.39, 0.29) is 29.7 Å². The fraction of sp³-hybridized carbons (Fsp3) is 0.933. The second-order valence-electron chi connectivity index (χ2n) is 7.24. The highest BCUT2D eigenvalue weighted by Gasteiger charge is 2.34. The number of aliphatic imine (C=N–C) groups is 1. The Bertz CT molecular complexity index is 486. The molecule has 1 fully saturated rings. The summed E-state index contributed by atoms with van der Waals surface area (Å²) in [4.78, 5) is 6.52. The zero-order chi connectivity index (χ0) is 16.3. The van der Waals surface area contributed by atoms with Gasteiger partial charge in [-0.2, -0.15) is 0 Å². The van der Waals surface area contributed by atoms with Crippen molar-refractivity contribution in [2.75, 3.05) is 32.4 Å². The van der Waals surface area contributed by atoms with Gasteiger partial charge in [-0.25, -0.2) is 8.42 Å². The normalized spacial score (nSPS) is 23.4. The summed E-state index contributed by atoms with van der Waals surface area (Å²) in [6.07, 6.45) is 2.31. The average Bonchev–Trinajstić information content (AvgIpc) is 2.76. The van der Waals surface area contributed by atoms with Crippen molar-refractivity contribution in [2.45, 2.75) is 52.2 Å². The van der Waals surface area contributed by atoms with Crippen molar-refractivity contribution in [2.24, 2.45) is 10.4 Å². The van der Waals surface area contributed by atoms with Crippen LogP contribution in [0.5, 0.6) is 0 Å². The van der Waals surface area contributed by atoms with Crippen LogP contribution in [0.4, 0.5) is 0 Å². The first-order valence-corrected chi connectivity index (χ1v) is 9.38. The lowest BCUT2D eigenvalue weighted by Crippen LogP contribution is -2.44. The molecule has 1 heterocycles. The van der Waals surface area contributed by atoms with Crippen LogP contribution in [0.3, 0.4) is 0 Å². The van der Waals surface area contributed by atoms with Crippen LogP contribution in [0.2, 0.25) is 0 Å². The number of rotatable bonds is 4. The van der Waals surface area contributed by atoms with Gasteiger partial charge in [0.2, 0.25) is 0 Å². The molecule has 0 spiro atoms. The third kappa shape index (κ3) is 5.54. The molecule has 1 aliphatic rings. The molecule has 1 N–H and O–H groups in total. The van der Waals surface area contributed by atoms with Crippen LogP contribution < -0.4 is 5.32 Å². The first-order valence-electron chi connectivity index (χ1n) is 7.72. The highest BCUT2D eigenvalue weighted by molar-refractivity contribution is 14.0. The van der Waals surface area contributed by atoms with E-state index in [0.29, 0.717) is 12.0 Å². The van der Waals surface area contributed by atoms with E-state index in [0.717, 1.165) is 31.9 Å². The molecule has 5 nitrogen and oxygen atoms in total. The number of hydrogen-bond acceptors (Lipinski definition) is 3. The van der Waals surface area contributed by atoms with Crippen molar-refractivity contribution in [3.8, 4) is 0 Å². The smallest absolute Gasteiger partial charge is 0.193 e. The zero-order valence-corrected chi connectivity index (χ0v) is 17.9. The Morgan fingerprint density at radius 2 is 1.95 bits per heavy atom. The van der Waals surface area contributed by atoms with Gasteiger partial charge in [0.25, 0.3) is 0 Å². The molecule has 132 valence electrons. The molecule has 0 saturated carbocycles. The summed E-state index contributed by atoms with van der Waals surface area (Å²) in [7, 11) is -1.34. The van der Waals surface area contributed by atoms with E-state index < -0.39 is 14.6 Å². The third-order valence-electron chi connectivity index (χ3n) is 4.51. The number of nitrogens with one attached hydrogen (secondary N) is 1. The highest BCUT2D eigenvalue weighted by Crippen LogP contribution is 2.32. The molecule has 22 heavy (non-hydrogen) atoms. The summed E-state index contributed by atoms with van der Waals surface area (Å²) in [5.41, 5.74) is 0.342. The maximum absolute atomic E-state index is 12.1. The molecule has 1 unspecified atom stereocenters. The van der Waals surface area contributed by atoms with Crippen molar-refractivity contribution in [3.05, 3.63) is 0 Å². The molecular weight excluding hydrogens is 413 g/mol. The van der Waals surface area contributed by atoms with Crippen LogP contribution >= 0.6 is 24.0 Å². The van der Waals surface area contributed by atoms with Gasteiger partial charge in [0.1, 0.15) is 0 Å². The second-order valence-corrected chi connectivity index (χ2v) is 10.1. The molecule has 0 bridgehead atoms. The van der Waals surface area contributed by atoms with Crippen molar-refractivity contribution in [3.63, 3.8) is 0 Å². The minimum atomic E-state index is -3.09. The van der Waals surface area contributed by atoms with Crippen LogP contribution in [0.25, 0.3) is 0 Å². The maximum Gasteiger partial charge on any atom is 0.193 e. The molecule has 1 rings (SSSR count). The fourth-order valence-electron chi connectivity index (χ4n) is 2.43. The lowest BCUT2D eigenvalue weighted by Gasteiger charge is -2.26. The fourth-order valence-corrected chi connectivity index (χ4v) is 3.41. The van der Waals surface area contributed by atoms with Gasteiger partial charge >= 0.3 is 0 Å². The van der Waals surface area contributed by atoms with Crippen LogP contribution in [0, 0.1) is 5.41 Å². The van der Waals surface area contributed by atoms with Gasteiger partial charge < -0.3 is 10.2 Å². The standard InChI is InChI=1S/C15H31N3O2S.HI/c1-7-15(5)8-10-18(12-15)13(16-6)17-9-11-21(19,20)14(2,3)4;/h7-12H2,1-6H3,(H,16,17);1H. The molecular formula is C15H32IN3O2S. The van der Waals surface area contributed by atoms with Gasteiger partial charge in [-0.1, -0.05) is 13.8 Å². The number of hydrogen-bond donors (Lipinski definition) is 1. The summed E-state index contributed by atoms with van der Waals surface area (Å²) in [6.45, 7) is 12.1. The Labute approximate surface area is 153 Å². The monoisotopic (exact) mass is 445 g/mol. The van der Waals surface area contributed by atoms with Crippen molar-refractivity contribution >= 4 is 39.8 Å². The number of sulfone groups is 1. The molecule has 0 aromatic carbocycles. The molecule has 7 heteroatoms. The van der Waals surface area contributed by atoms with Gasteiger partial charge in [0.15, 0.2) is 15.8 Å². The number of guanidine groups is 1. The zero-order valence-electron chi connectivity index (χ0n) is 14.8. The van der Waals surface area contributed by atoms with Crippen LogP contribution in [0.1, 0.15) is 47.5 Å². The molecule has 0 aliphatic carbocycles. The molecule has 0 aromatic heterocycles. The lowest BCUT2D eigenvalue weighted by atomic mass is 9.87. The highest BCUT2D eigenvalue weighted by atomic mass is 127. The summed E-state index contributed by atoms with van der Waals surface area (Å²) < 4.78 is 23.5. The summed E-state index contributed by atoms with van der Waals surface area (Å²) in [6, 6.07) is 0. The molecule has 1 aliphatic heterocycles. The Morgan fingerprint density at radius 1 is 1.36 bits per heavy atom. The van der Waals surface area contributed by atoms with E-state index in [1.807, 2.05) is 0 Å². The number of nitrogens with zero attached hydrogens (tertiary/aromatic N) is 2. The molecule has 0 radical (unpaired) electrons. The van der Waals surface area contributed by atoms with Crippen molar-refractivity contribution in [1.82, 2.24) is 10.2 Å². The molecule has 0 aromatic rings. The first kappa shape index (κ1) is 21.9. The Kier molecular flexibility index (Phi) is 8.15. The summed E-state index contributed by atoms with van der Waals surface area (Å²) >= 11 is 0. The van der Waals surface area contributed by atoms with E-state index >= 15 is 0 Å². The molecule has 0 amide bonds. The largest absolute Gasteiger partial charge is 0.355 e. The lowest BCUT2D eigenvalue weighted by molar-refractivity contribution is 0.322. The van der Waals surface area contributed by atoms with Gasteiger partial charge in [-0.3, -0.25) is 4.99 Å². The van der Waals surface area contributed by atoms with E-state index in [1.54, 1.807) is 27.8 Å². The topological polar surface area (TPSA) is 61.8 Å². The second kappa shape index (κ2) is 8.17. The minimum absolute atomic E-state index is 0. The number of halogens is 1. The predicted molar refractivity (Wildman–Crippen MR) is 105 cm³/mol. The summed E-state index contributed by atoms with van der Waals surface area (Å²) in [5, 5.41) is 3.20. The Balaban J connectivity index is 0.00000441. The predicted octanol–water partition coefficient (Wildman–Crippen LogP) is 2.52. The number of likely N-dealkylation sites (tertiary alicyclic amines) is 1.